The van der Waals surface area contributed by atoms with Crippen LogP contribution in [0.2, 0.25) is 0 Å². The normalized spacial score (nSPS) is 25.6. The summed E-state index contributed by atoms with van der Waals surface area (Å²) >= 11 is 0. The van der Waals surface area contributed by atoms with Crippen molar-refractivity contribution in [3.8, 4) is 0 Å². The van der Waals surface area contributed by atoms with E-state index in [0.29, 0.717) is 12.0 Å². The lowest BCUT2D eigenvalue weighted by Gasteiger charge is -2.33. The van der Waals surface area contributed by atoms with Crippen LogP contribution in [0.25, 0.3) is 0 Å². The molecule has 3 heterocycles. The number of nitrogens with zero attached hydrogens (tertiary/aromatic N) is 4. The van der Waals surface area contributed by atoms with Crippen LogP contribution < -0.4 is 4.90 Å². The average Bonchev–Trinajstić information content (AvgIpc) is 3.13. The van der Waals surface area contributed by atoms with Crippen molar-refractivity contribution in [1.82, 2.24) is 20.2 Å². The van der Waals surface area contributed by atoms with Crippen LogP contribution in [0, 0.1) is 5.92 Å². The van der Waals surface area contributed by atoms with Crippen LogP contribution in [-0.2, 0) is 11.3 Å². The number of rotatable bonds is 5. The van der Waals surface area contributed by atoms with Gasteiger partial charge in [0.2, 0.25) is 5.82 Å². The number of hydrogen-bond donors (Lipinski definition) is 1. The fourth-order valence-electron chi connectivity index (χ4n) is 3.81. The monoisotopic (exact) mass is 294 g/mol. The maximum atomic E-state index is 5.74. The smallest absolute Gasteiger partial charge is 0.209 e. The summed E-state index contributed by atoms with van der Waals surface area (Å²) in [6, 6.07) is 0.404. The lowest BCUT2D eigenvalue weighted by molar-refractivity contribution is -0.940. The molecular formula is C15H28N5O+. The van der Waals surface area contributed by atoms with Gasteiger partial charge in [-0.25, -0.2) is 4.68 Å². The Morgan fingerprint density at radius 3 is 2.71 bits per heavy atom. The number of hydrogen-bond acceptors (Lipinski definition) is 4. The summed E-state index contributed by atoms with van der Waals surface area (Å²) in [6.07, 6.45) is 6.60. The molecule has 0 amide bonds. The van der Waals surface area contributed by atoms with Crippen molar-refractivity contribution < 1.29 is 9.64 Å². The quantitative estimate of drug-likeness (QED) is 0.865. The first kappa shape index (κ1) is 14.9. The maximum Gasteiger partial charge on any atom is 0.209 e. The van der Waals surface area contributed by atoms with Crippen LogP contribution in [0.15, 0.2) is 0 Å². The van der Waals surface area contributed by atoms with Crippen molar-refractivity contribution >= 4 is 0 Å². The minimum Gasteiger partial charge on any atom is -0.376 e. The van der Waals surface area contributed by atoms with Gasteiger partial charge < -0.3 is 9.64 Å². The van der Waals surface area contributed by atoms with Crippen molar-refractivity contribution in [1.29, 1.82) is 0 Å². The molecule has 0 radical (unpaired) electrons. The third-order valence-corrected chi connectivity index (χ3v) is 4.84. The van der Waals surface area contributed by atoms with E-state index in [4.69, 9.17) is 4.74 Å². The van der Waals surface area contributed by atoms with E-state index in [-0.39, 0.29) is 6.10 Å². The van der Waals surface area contributed by atoms with Gasteiger partial charge in [-0.3, -0.25) is 0 Å². The van der Waals surface area contributed by atoms with E-state index < -0.39 is 0 Å². The molecule has 1 aromatic rings. The second-order valence-corrected chi connectivity index (χ2v) is 6.79. The van der Waals surface area contributed by atoms with Gasteiger partial charge in [0.1, 0.15) is 0 Å². The van der Waals surface area contributed by atoms with E-state index in [1.54, 1.807) is 4.90 Å². The molecule has 118 valence electrons. The molecule has 0 spiro atoms. The summed E-state index contributed by atoms with van der Waals surface area (Å²) in [5, 5.41) is 12.6. The maximum absolute atomic E-state index is 5.74. The van der Waals surface area contributed by atoms with Gasteiger partial charge in [-0.2, -0.15) is 0 Å². The zero-order valence-electron chi connectivity index (χ0n) is 13.3. The molecule has 6 nitrogen and oxygen atoms in total. The molecule has 2 atom stereocenters. The van der Waals surface area contributed by atoms with E-state index in [1.165, 1.54) is 32.4 Å². The van der Waals surface area contributed by atoms with Crippen LogP contribution in [0.1, 0.15) is 57.8 Å². The highest BCUT2D eigenvalue weighted by atomic mass is 16.5. The lowest BCUT2D eigenvalue weighted by atomic mass is 9.98. The first-order valence-electron chi connectivity index (χ1n) is 8.48. The predicted molar refractivity (Wildman–Crippen MR) is 78.9 cm³/mol. The van der Waals surface area contributed by atoms with Gasteiger partial charge in [0.15, 0.2) is 6.04 Å². The highest BCUT2D eigenvalue weighted by molar-refractivity contribution is 4.90. The van der Waals surface area contributed by atoms with E-state index >= 15 is 0 Å². The summed E-state index contributed by atoms with van der Waals surface area (Å²) in [5.41, 5.74) is 0. The molecule has 0 unspecified atom stereocenters. The molecule has 0 aliphatic carbocycles. The Hall–Kier alpha value is -1.01. The predicted octanol–water partition coefficient (Wildman–Crippen LogP) is 0.618. The first-order chi connectivity index (χ1) is 10.3. The van der Waals surface area contributed by atoms with Gasteiger partial charge in [0.25, 0.3) is 0 Å². The highest BCUT2D eigenvalue weighted by Crippen LogP contribution is 2.19. The molecule has 0 saturated carbocycles. The highest BCUT2D eigenvalue weighted by Gasteiger charge is 2.34. The molecule has 6 heteroatoms. The molecule has 2 aliphatic rings. The van der Waals surface area contributed by atoms with Crippen molar-refractivity contribution in [2.75, 3.05) is 19.7 Å². The van der Waals surface area contributed by atoms with Gasteiger partial charge >= 0.3 is 0 Å². The Kier molecular flexibility index (Phi) is 4.85. The van der Waals surface area contributed by atoms with E-state index in [0.717, 1.165) is 31.8 Å². The minimum absolute atomic E-state index is 0.288. The van der Waals surface area contributed by atoms with Crippen molar-refractivity contribution in [2.45, 2.75) is 64.6 Å². The largest absolute Gasteiger partial charge is 0.376 e. The summed E-state index contributed by atoms with van der Waals surface area (Å²) in [6.45, 7) is 8.76. The summed E-state index contributed by atoms with van der Waals surface area (Å²) in [4.78, 5) is 1.65. The zero-order chi connectivity index (χ0) is 14.7. The number of likely N-dealkylation sites (tertiary alicyclic amines) is 1. The Labute approximate surface area is 126 Å². The average molecular weight is 294 g/mol. The summed E-state index contributed by atoms with van der Waals surface area (Å²) < 4.78 is 7.75. The Morgan fingerprint density at radius 2 is 2.05 bits per heavy atom. The van der Waals surface area contributed by atoms with Gasteiger partial charge in [-0.1, -0.05) is 13.8 Å². The second kappa shape index (κ2) is 6.83. The number of nitrogens with one attached hydrogen (secondary N) is 1. The molecule has 1 aromatic heterocycles. The SMILES string of the molecule is CC(C)[C@@H](c1nnnn1C[C@@H]1CCCO1)[NH+]1CCCCC1. The summed E-state index contributed by atoms with van der Waals surface area (Å²) in [5.74, 6) is 1.60. The lowest BCUT2D eigenvalue weighted by Crippen LogP contribution is -3.13. The fourth-order valence-corrected chi connectivity index (χ4v) is 3.81. The number of quaternary nitrogens is 1. The van der Waals surface area contributed by atoms with Gasteiger partial charge in [-0.15, -0.1) is 5.10 Å². The standard InChI is InChI=1S/C15H27N5O/c1-12(2)14(19-8-4-3-5-9-19)15-16-17-18-20(15)11-13-7-6-10-21-13/h12-14H,3-11H2,1-2H3/p+1/t13-,14-/m0/s1. The number of piperidine rings is 1. The topological polar surface area (TPSA) is 57.3 Å². The second-order valence-electron chi connectivity index (χ2n) is 6.79. The molecule has 3 rings (SSSR count). The Bertz CT molecular complexity index is 435. The third-order valence-electron chi connectivity index (χ3n) is 4.84. The molecule has 21 heavy (non-hydrogen) atoms. The van der Waals surface area contributed by atoms with Crippen molar-refractivity contribution in [3.63, 3.8) is 0 Å². The molecule has 0 aromatic carbocycles. The molecular weight excluding hydrogens is 266 g/mol. The van der Waals surface area contributed by atoms with Crippen LogP contribution >= 0.6 is 0 Å². The van der Waals surface area contributed by atoms with Gasteiger partial charge in [0, 0.05) is 12.5 Å². The van der Waals surface area contributed by atoms with Gasteiger partial charge in [0.05, 0.1) is 25.7 Å². The molecule has 2 fully saturated rings. The first-order valence-corrected chi connectivity index (χ1v) is 8.48. The fraction of sp³-hybridized carbons (Fsp3) is 0.933. The molecule has 0 bridgehead atoms. The minimum atomic E-state index is 0.288. The van der Waals surface area contributed by atoms with Crippen LogP contribution in [0.5, 0.6) is 0 Å². The Balaban J connectivity index is 1.77. The van der Waals surface area contributed by atoms with E-state index in [1.807, 2.05) is 4.68 Å². The van der Waals surface area contributed by atoms with Crippen molar-refractivity contribution in [3.05, 3.63) is 5.82 Å². The third kappa shape index (κ3) is 3.43. The number of ether oxygens (including phenoxy) is 1. The number of tetrazole rings is 1. The zero-order valence-corrected chi connectivity index (χ0v) is 13.3. The van der Waals surface area contributed by atoms with Crippen LogP contribution in [0.4, 0.5) is 0 Å². The summed E-state index contributed by atoms with van der Waals surface area (Å²) in [7, 11) is 0. The van der Waals surface area contributed by atoms with E-state index in [2.05, 4.69) is 29.4 Å². The molecule has 2 aliphatic heterocycles. The van der Waals surface area contributed by atoms with Gasteiger partial charge in [-0.05, 0) is 42.5 Å². The molecule has 1 N–H and O–H groups in total. The van der Waals surface area contributed by atoms with Crippen LogP contribution in [0.3, 0.4) is 0 Å². The van der Waals surface area contributed by atoms with Crippen molar-refractivity contribution in [2.24, 2.45) is 5.92 Å². The molecule has 2 saturated heterocycles. The Morgan fingerprint density at radius 1 is 1.24 bits per heavy atom. The van der Waals surface area contributed by atoms with E-state index in [9.17, 15) is 0 Å². The van der Waals surface area contributed by atoms with Crippen LogP contribution in [-0.4, -0.2) is 46.0 Å². The number of aromatic nitrogens is 4.